The van der Waals surface area contributed by atoms with Crippen LogP contribution in [0.4, 0.5) is 0 Å². The first-order valence-electron chi connectivity index (χ1n) is 7.40. The normalized spacial score (nSPS) is 21.6. The molecule has 1 heterocycles. The zero-order valence-corrected chi connectivity index (χ0v) is 15.0. The molecule has 0 bridgehead atoms. The van der Waals surface area contributed by atoms with Gasteiger partial charge in [-0.05, 0) is 48.8 Å². The number of ether oxygens (including phenoxy) is 3. The molecule has 0 N–H and O–H groups in total. The zero-order valence-electron chi connectivity index (χ0n) is 13.4. The fraction of sp³-hybridized carbons (Fsp3) is 0.562. The molecule has 1 amide bonds. The highest BCUT2D eigenvalue weighted by molar-refractivity contribution is 9.10. The molecule has 1 aliphatic heterocycles. The van der Waals surface area contributed by atoms with Crippen LogP contribution in [0, 0.1) is 0 Å². The molecule has 0 aromatic heterocycles. The Morgan fingerprint density at radius 3 is 2.82 bits per heavy atom. The van der Waals surface area contributed by atoms with Crippen molar-refractivity contribution < 1.29 is 19.0 Å². The minimum Gasteiger partial charge on any atom is -0.493 e. The van der Waals surface area contributed by atoms with E-state index < -0.39 is 0 Å². The Labute approximate surface area is 139 Å². The largest absolute Gasteiger partial charge is 0.493 e. The minimum absolute atomic E-state index is 0.0234. The number of hydrogen-bond donors (Lipinski definition) is 0. The highest BCUT2D eigenvalue weighted by Crippen LogP contribution is 2.37. The topological polar surface area (TPSA) is 48.0 Å². The summed E-state index contributed by atoms with van der Waals surface area (Å²) < 4.78 is 17.2. The number of methoxy groups -OCH3 is 1. The van der Waals surface area contributed by atoms with Crippen LogP contribution in [0.1, 0.15) is 31.1 Å². The third kappa shape index (κ3) is 3.55. The van der Waals surface area contributed by atoms with Crippen molar-refractivity contribution in [3.05, 3.63) is 22.2 Å². The van der Waals surface area contributed by atoms with E-state index in [-0.39, 0.29) is 18.1 Å². The average Bonchev–Trinajstić information content (AvgIpc) is 2.50. The molecular weight excluding hydrogens is 350 g/mol. The summed E-state index contributed by atoms with van der Waals surface area (Å²) in [5.74, 6) is 1.14. The van der Waals surface area contributed by atoms with E-state index in [9.17, 15) is 4.79 Å². The lowest BCUT2D eigenvalue weighted by molar-refractivity contribution is -0.0387. The maximum absolute atomic E-state index is 12.8. The SMILES string of the molecule is CCOc1c(Br)cc(C(=O)N2CC(C)OCC2C)cc1OC. The predicted molar refractivity (Wildman–Crippen MR) is 87.8 cm³/mol. The van der Waals surface area contributed by atoms with Gasteiger partial charge in [0, 0.05) is 12.1 Å². The van der Waals surface area contributed by atoms with Gasteiger partial charge in [-0.25, -0.2) is 0 Å². The van der Waals surface area contributed by atoms with E-state index in [4.69, 9.17) is 14.2 Å². The van der Waals surface area contributed by atoms with Crippen molar-refractivity contribution in [1.29, 1.82) is 0 Å². The number of halogens is 1. The fourth-order valence-electron chi connectivity index (χ4n) is 2.48. The summed E-state index contributed by atoms with van der Waals surface area (Å²) in [5, 5.41) is 0. The maximum Gasteiger partial charge on any atom is 0.254 e. The van der Waals surface area contributed by atoms with E-state index in [2.05, 4.69) is 15.9 Å². The third-order valence-corrected chi connectivity index (χ3v) is 4.22. The van der Waals surface area contributed by atoms with Crippen LogP contribution in [-0.2, 0) is 4.74 Å². The highest BCUT2D eigenvalue weighted by Gasteiger charge is 2.29. The number of benzene rings is 1. The van der Waals surface area contributed by atoms with Gasteiger partial charge in [-0.2, -0.15) is 0 Å². The fourth-order valence-corrected chi connectivity index (χ4v) is 3.04. The number of carbonyl (C=O) groups is 1. The van der Waals surface area contributed by atoms with E-state index in [0.29, 0.717) is 41.3 Å². The first-order valence-corrected chi connectivity index (χ1v) is 8.20. The Morgan fingerprint density at radius 1 is 1.45 bits per heavy atom. The first-order chi connectivity index (χ1) is 10.5. The molecule has 6 heteroatoms. The summed E-state index contributed by atoms with van der Waals surface area (Å²) in [4.78, 5) is 14.6. The van der Waals surface area contributed by atoms with Crippen molar-refractivity contribution in [2.75, 3.05) is 26.9 Å². The lowest BCUT2D eigenvalue weighted by Gasteiger charge is -2.37. The van der Waals surface area contributed by atoms with E-state index in [1.165, 1.54) is 0 Å². The van der Waals surface area contributed by atoms with Crippen LogP contribution in [0.2, 0.25) is 0 Å². The van der Waals surface area contributed by atoms with Crippen molar-refractivity contribution in [2.24, 2.45) is 0 Å². The molecule has 22 heavy (non-hydrogen) atoms. The molecule has 0 radical (unpaired) electrons. The molecule has 0 aliphatic carbocycles. The molecule has 122 valence electrons. The van der Waals surface area contributed by atoms with Gasteiger partial charge in [0.25, 0.3) is 5.91 Å². The van der Waals surface area contributed by atoms with E-state index in [1.807, 2.05) is 25.7 Å². The predicted octanol–water partition coefficient (Wildman–Crippen LogP) is 3.11. The van der Waals surface area contributed by atoms with Gasteiger partial charge in [-0.3, -0.25) is 4.79 Å². The van der Waals surface area contributed by atoms with Gasteiger partial charge in [0.1, 0.15) is 0 Å². The Bertz CT molecular complexity index is 549. The number of nitrogens with zero attached hydrogens (tertiary/aromatic N) is 1. The van der Waals surface area contributed by atoms with Crippen LogP contribution >= 0.6 is 15.9 Å². The van der Waals surface area contributed by atoms with Crippen molar-refractivity contribution in [2.45, 2.75) is 32.9 Å². The number of carbonyl (C=O) groups excluding carboxylic acids is 1. The van der Waals surface area contributed by atoms with E-state index in [0.717, 1.165) is 0 Å². The zero-order chi connectivity index (χ0) is 16.3. The lowest BCUT2D eigenvalue weighted by atomic mass is 10.1. The summed E-state index contributed by atoms with van der Waals surface area (Å²) in [7, 11) is 1.57. The van der Waals surface area contributed by atoms with Gasteiger partial charge < -0.3 is 19.1 Å². The lowest BCUT2D eigenvalue weighted by Crippen LogP contribution is -2.50. The second-order valence-corrected chi connectivity index (χ2v) is 6.23. The summed E-state index contributed by atoms with van der Waals surface area (Å²) in [6.45, 7) is 7.54. The average molecular weight is 372 g/mol. The number of rotatable bonds is 4. The Balaban J connectivity index is 2.31. The van der Waals surface area contributed by atoms with E-state index in [1.54, 1.807) is 19.2 Å². The molecule has 0 saturated carbocycles. The summed E-state index contributed by atoms with van der Waals surface area (Å²) >= 11 is 3.46. The van der Waals surface area contributed by atoms with Gasteiger partial charge >= 0.3 is 0 Å². The van der Waals surface area contributed by atoms with Gasteiger partial charge in [0.15, 0.2) is 11.5 Å². The second kappa shape index (κ2) is 7.33. The summed E-state index contributed by atoms with van der Waals surface area (Å²) in [6, 6.07) is 3.56. The number of morpholine rings is 1. The second-order valence-electron chi connectivity index (χ2n) is 5.37. The number of hydrogen-bond acceptors (Lipinski definition) is 4. The molecule has 1 saturated heterocycles. The van der Waals surface area contributed by atoms with E-state index >= 15 is 0 Å². The molecule has 5 nitrogen and oxygen atoms in total. The molecule has 2 unspecified atom stereocenters. The molecule has 1 fully saturated rings. The standard InChI is InChI=1S/C16H22BrNO4/c1-5-21-15-13(17)6-12(7-14(15)20-4)16(19)18-8-11(3)22-9-10(18)2/h6-7,10-11H,5,8-9H2,1-4H3. The molecule has 2 rings (SSSR count). The Kier molecular flexibility index (Phi) is 5.69. The third-order valence-electron chi connectivity index (χ3n) is 3.63. The van der Waals surface area contributed by atoms with Crippen LogP contribution in [0.15, 0.2) is 16.6 Å². The maximum atomic E-state index is 12.8. The van der Waals surface area contributed by atoms with Gasteiger partial charge in [-0.15, -0.1) is 0 Å². The molecule has 0 spiro atoms. The highest BCUT2D eigenvalue weighted by atomic mass is 79.9. The monoisotopic (exact) mass is 371 g/mol. The van der Waals surface area contributed by atoms with Crippen molar-refractivity contribution in [1.82, 2.24) is 4.90 Å². The van der Waals surface area contributed by atoms with Gasteiger partial charge in [0.05, 0.1) is 36.9 Å². The smallest absolute Gasteiger partial charge is 0.254 e. The Hall–Kier alpha value is -1.27. The van der Waals surface area contributed by atoms with Crippen LogP contribution in [0.5, 0.6) is 11.5 Å². The molecule has 1 aromatic rings. The Morgan fingerprint density at radius 2 is 2.18 bits per heavy atom. The quantitative estimate of drug-likeness (QED) is 0.815. The number of amides is 1. The van der Waals surface area contributed by atoms with Crippen LogP contribution < -0.4 is 9.47 Å². The minimum atomic E-state index is -0.0234. The molecule has 1 aliphatic rings. The van der Waals surface area contributed by atoms with Crippen molar-refractivity contribution in [3.8, 4) is 11.5 Å². The van der Waals surface area contributed by atoms with Crippen LogP contribution in [0.25, 0.3) is 0 Å². The first kappa shape index (κ1) is 17.1. The molecule has 1 aromatic carbocycles. The molecular formula is C16H22BrNO4. The van der Waals surface area contributed by atoms with Crippen LogP contribution in [-0.4, -0.2) is 49.8 Å². The van der Waals surface area contributed by atoms with Gasteiger partial charge in [-0.1, -0.05) is 0 Å². The van der Waals surface area contributed by atoms with Crippen molar-refractivity contribution >= 4 is 21.8 Å². The van der Waals surface area contributed by atoms with Crippen LogP contribution in [0.3, 0.4) is 0 Å². The summed E-state index contributed by atoms with van der Waals surface area (Å²) in [5.41, 5.74) is 0.577. The summed E-state index contributed by atoms with van der Waals surface area (Å²) in [6.07, 6.45) is 0.0492. The molecule has 2 atom stereocenters. The van der Waals surface area contributed by atoms with Crippen molar-refractivity contribution in [3.63, 3.8) is 0 Å². The van der Waals surface area contributed by atoms with Gasteiger partial charge in [0.2, 0.25) is 0 Å².